The summed E-state index contributed by atoms with van der Waals surface area (Å²) in [6.45, 7) is 0.533. The topological polar surface area (TPSA) is 66.6 Å². The summed E-state index contributed by atoms with van der Waals surface area (Å²) in [6, 6.07) is 9.25. The van der Waals surface area contributed by atoms with E-state index in [0.29, 0.717) is 36.1 Å². The summed E-state index contributed by atoms with van der Waals surface area (Å²) in [5.41, 5.74) is 6.55. The number of benzene rings is 1. The molecule has 0 saturated heterocycles. The summed E-state index contributed by atoms with van der Waals surface area (Å²) in [5.74, 6) is 2.21. The summed E-state index contributed by atoms with van der Waals surface area (Å²) >= 11 is 0. The van der Waals surface area contributed by atoms with Crippen molar-refractivity contribution in [1.29, 1.82) is 0 Å². The zero-order valence-electron chi connectivity index (χ0n) is 11.6. The maximum Gasteiger partial charge on any atom is 0.222 e. The predicted molar refractivity (Wildman–Crippen MR) is 76.6 cm³/mol. The Kier molecular flexibility index (Phi) is 4.79. The van der Waals surface area contributed by atoms with E-state index in [2.05, 4.69) is 4.98 Å². The van der Waals surface area contributed by atoms with Crippen LogP contribution in [-0.4, -0.2) is 25.7 Å². The number of methoxy groups -OCH3 is 2. The molecule has 2 N–H and O–H groups in total. The number of nitrogens with two attached hydrogens (primary N) is 1. The number of ether oxygens (including phenoxy) is 3. The minimum absolute atomic E-state index is 0.509. The highest BCUT2D eigenvalue weighted by atomic mass is 16.5. The van der Waals surface area contributed by atoms with Crippen LogP contribution in [0.2, 0.25) is 0 Å². The van der Waals surface area contributed by atoms with E-state index in [0.717, 1.165) is 5.56 Å². The second-order valence-electron chi connectivity index (χ2n) is 4.10. The third-order valence-corrected chi connectivity index (χ3v) is 2.84. The summed E-state index contributed by atoms with van der Waals surface area (Å²) in [4.78, 5) is 4.25. The van der Waals surface area contributed by atoms with E-state index < -0.39 is 0 Å². The first-order valence-electron chi connectivity index (χ1n) is 6.33. The third-order valence-electron chi connectivity index (χ3n) is 2.84. The Hall–Kier alpha value is -2.27. The number of hydrogen-bond donors (Lipinski definition) is 1. The van der Waals surface area contributed by atoms with Crippen LogP contribution in [0.15, 0.2) is 36.5 Å². The van der Waals surface area contributed by atoms with Gasteiger partial charge in [0.2, 0.25) is 11.6 Å². The van der Waals surface area contributed by atoms with Crippen molar-refractivity contribution >= 4 is 0 Å². The molecule has 0 amide bonds. The van der Waals surface area contributed by atoms with E-state index in [4.69, 9.17) is 19.9 Å². The van der Waals surface area contributed by atoms with Gasteiger partial charge in [-0.3, -0.25) is 0 Å². The Bertz CT molecular complexity index is 551. The fraction of sp³-hybridized carbons (Fsp3) is 0.267. The van der Waals surface area contributed by atoms with Gasteiger partial charge in [0.05, 0.1) is 14.2 Å². The minimum atomic E-state index is 0.509. The van der Waals surface area contributed by atoms with Gasteiger partial charge in [-0.1, -0.05) is 12.1 Å². The van der Waals surface area contributed by atoms with Gasteiger partial charge in [0.15, 0.2) is 11.5 Å². The molecule has 0 radical (unpaired) electrons. The quantitative estimate of drug-likeness (QED) is 0.876. The molecule has 1 aromatic carbocycles. The second-order valence-corrected chi connectivity index (χ2v) is 4.10. The zero-order chi connectivity index (χ0) is 14.4. The highest BCUT2D eigenvalue weighted by Crippen LogP contribution is 2.40. The van der Waals surface area contributed by atoms with Crippen LogP contribution in [-0.2, 0) is 6.42 Å². The Balaban J connectivity index is 2.39. The number of aromatic nitrogens is 1. The molecule has 1 heterocycles. The normalized spacial score (nSPS) is 10.2. The molecule has 0 saturated carbocycles. The highest BCUT2D eigenvalue weighted by Gasteiger charge is 2.14. The van der Waals surface area contributed by atoms with Crippen molar-refractivity contribution < 1.29 is 14.2 Å². The molecule has 0 bridgehead atoms. The van der Waals surface area contributed by atoms with Gasteiger partial charge in [0.1, 0.15) is 0 Å². The molecule has 5 nitrogen and oxygen atoms in total. The van der Waals surface area contributed by atoms with Crippen molar-refractivity contribution in [2.75, 3.05) is 20.8 Å². The third kappa shape index (κ3) is 3.00. The lowest BCUT2D eigenvalue weighted by Gasteiger charge is -2.14. The molecule has 20 heavy (non-hydrogen) atoms. The van der Waals surface area contributed by atoms with Crippen LogP contribution in [0, 0.1) is 0 Å². The average molecular weight is 274 g/mol. The average Bonchev–Trinajstić information content (AvgIpc) is 2.49. The Morgan fingerprint density at radius 3 is 2.35 bits per heavy atom. The van der Waals surface area contributed by atoms with Gasteiger partial charge in [0, 0.05) is 11.8 Å². The van der Waals surface area contributed by atoms with Gasteiger partial charge in [-0.15, -0.1) is 0 Å². The van der Waals surface area contributed by atoms with Crippen LogP contribution in [0.25, 0.3) is 0 Å². The molecule has 0 spiro atoms. The Morgan fingerprint density at radius 1 is 1.05 bits per heavy atom. The summed E-state index contributed by atoms with van der Waals surface area (Å²) in [6.07, 6.45) is 2.37. The lowest BCUT2D eigenvalue weighted by Crippen LogP contribution is -2.05. The monoisotopic (exact) mass is 274 g/mol. The van der Waals surface area contributed by atoms with Crippen LogP contribution < -0.4 is 19.9 Å². The van der Waals surface area contributed by atoms with Crippen LogP contribution in [0.5, 0.6) is 23.1 Å². The zero-order valence-corrected chi connectivity index (χ0v) is 11.6. The smallest absolute Gasteiger partial charge is 0.222 e. The van der Waals surface area contributed by atoms with Crippen molar-refractivity contribution in [2.45, 2.75) is 6.42 Å². The number of hydrogen-bond acceptors (Lipinski definition) is 5. The maximum absolute atomic E-state index is 5.89. The maximum atomic E-state index is 5.89. The lowest BCUT2D eigenvalue weighted by molar-refractivity contribution is 0.340. The standard InChI is InChI=1S/C15H18N2O3/c1-18-12-6-3-7-13(19-2)14(12)20-15-11(8-9-16)5-4-10-17-15/h3-7,10H,8-9,16H2,1-2H3. The van der Waals surface area contributed by atoms with E-state index in [1.807, 2.05) is 30.3 Å². The fourth-order valence-electron chi connectivity index (χ4n) is 1.88. The number of pyridine rings is 1. The largest absolute Gasteiger partial charge is 0.493 e. The fourth-order valence-corrected chi connectivity index (χ4v) is 1.88. The SMILES string of the molecule is COc1cccc(OC)c1Oc1ncccc1CCN. The number of nitrogens with zero attached hydrogens (tertiary/aromatic N) is 1. The van der Waals surface area contributed by atoms with Gasteiger partial charge in [0.25, 0.3) is 0 Å². The Morgan fingerprint density at radius 2 is 1.75 bits per heavy atom. The highest BCUT2D eigenvalue weighted by molar-refractivity contribution is 5.53. The van der Waals surface area contributed by atoms with E-state index >= 15 is 0 Å². The number of rotatable bonds is 6. The molecule has 0 aliphatic heterocycles. The van der Waals surface area contributed by atoms with Crippen LogP contribution in [0.1, 0.15) is 5.56 Å². The summed E-state index contributed by atoms with van der Waals surface area (Å²) < 4.78 is 16.5. The van der Waals surface area contributed by atoms with E-state index in [1.54, 1.807) is 20.4 Å². The van der Waals surface area contributed by atoms with Crippen LogP contribution in [0.3, 0.4) is 0 Å². The molecule has 0 fully saturated rings. The van der Waals surface area contributed by atoms with Crippen LogP contribution >= 0.6 is 0 Å². The Labute approximate surface area is 118 Å². The predicted octanol–water partition coefficient (Wildman–Crippen LogP) is 2.39. The van der Waals surface area contributed by atoms with Crippen molar-refractivity contribution in [2.24, 2.45) is 5.73 Å². The lowest BCUT2D eigenvalue weighted by atomic mass is 10.2. The molecule has 2 rings (SSSR count). The van der Waals surface area contributed by atoms with Gasteiger partial charge >= 0.3 is 0 Å². The van der Waals surface area contributed by atoms with E-state index in [-0.39, 0.29) is 0 Å². The van der Waals surface area contributed by atoms with Crippen LogP contribution in [0.4, 0.5) is 0 Å². The molecule has 1 aromatic heterocycles. The first kappa shape index (κ1) is 14.1. The molecule has 5 heteroatoms. The van der Waals surface area contributed by atoms with E-state index in [9.17, 15) is 0 Å². The van der Waals surface area contributed by atoms with Gasteiger partial charge in [-0.2, -0.15) is 0 Å². The van der Waals surface area contributed by atoms with Crippen molar-refractivity contribution in [3.05, 3.63) is 42.1 Å². The second kappa shape index (κ2) is 6.77. The van der Waals surface area contributed by atoms with Gasteiger partial charge in [-0.25, -0.2) is 4.98 Å². The molecule has 0 atom stereocenters. The first-order chi connectivity index (χ1) is 9.80. The van der Waals surface area contributed by atoms with E-state index in [1.165, 1.54) is 0 Å². The van der Waals surface area contributed by atoms with Crippen molar-refractivity contribution in [3.8, 4) is 23.1 Å². The molecule has 0 aliphatic carbocycles. The summed E-state index contributed by atoms with van der Waals surface area (Å²) in [5, 5.41) is 0. The molecule has 0 aliphatic rings. The van der Waals surface area contributed by atoms with Gasteiger partial charge in [-0.05, 0) is 31.2 Å². The molecular formula is C15H18N2O3. The van der Waals surface area contributed by atoms with Gasteiger partial charge < -0.3 is 19.9 Å². The molecule has 106 valence electrons. The van der Waals surface area contributed by atoms with Crippen molar-refractivity contribution in [3.63, 3.8) is 0 Å². The first-order valence-corrected chi connectivity index (χ1v) is 6.33. The van der Waals surface area contributed by atoms with Crippen molar-refractivity contribution in [1.82, 2.24) is 4.98 Å². The number of para-hydroxylation sites is 1. The molecule has 0 unspecified atom stereocenters. The minimum Gasteiger partial charge on any atom is -0.493 e. The summed E-state index contributed by atoms with van der Waals surface area (Å²) in [7, 11) is 3.17. The molecular weight excluding hydrogens is 256 g/mol. The molecule has 2 aromatic rings.